The molecule has 2 aromatic carbocycles. The van der Waals surface area contributed by atoms with Crippen molar-refractivity contribution in [3.05, 3.63) is 64.7 Å². The van der Waals surface area contributed by atoms with Gasteiger partial charge in [-0.05, 0) is 72.2 Å². The molecule has 3 rings (SSSR count). The first kappa shape index (κ1) is 16.2. The lowest BCUT2D eigenvalue weighted by Gasteiger charge is -2.32. The van der Waals surface area contributed by atoms with Crippen LogP contribution >= 0.6 is 0 Å². The molecule has 124 valence electrons. The Kier molecular flexibility index (Phi) is 4.14. The molecular formula is C20H21NO3. The number of rotatable bonds is 3. The number of carbonyl (C=O) groups is 2. The maximum absolute atomic E-state index is 12.5. The van der Waals surface area contributed by atoms with E-state index in [1.165, 1.54) is 29.7 Å². The Labute approximate surface area is 141 Å². The van der Waals surface area contributed by atoms with Crippen LogP contribution in [0.4, 0.5) is 5.69 Å². The summed E-state index contributed by atoms with van der Waals surface area (Å²) in [6.45, 7) is 4.44. The van der Waals surface area contributed by atoms with Crippen molar-refractivity contribution in [3.63, 3.8) is 0 Å². The zero-order chi connectivity index (χ0) is 17.3. The molecule has 4 heteroatoms. The number of amides is 1. The van der Waals surface area contributed by atoms with E-state index in [1.54, 1.807) is 12.1 Å². The second-order valence-corrected chi connectivity index (χ2v) is 6.95. The average Bonchev–Trinajstić information content (AvgIpc) is 2.55. The third-order valence-electron chi connectivity index (χ3n) is 4.74. The summed E-state index contributed by atoms with van der Waals surface area (Å²) >= 11 is 0. The SMILES string of the molecule is CC1(C)CCCc2ccc(C(=O)Nc3ccc(C(=O)O)cc3)cc21. The van der Waals surface area contributed by atoms with Crippen LogP contribution in [0, 0.1) is 0 Å². The molecule has 0 radical (unpaired) electrons. The van der Waals surface area contributed by atoms with Crippen molar-refractivity contribution in [1.82, 2.24) is 0 Å². The number of carboxylic acid groups (broad SMARTS) is 1. The number of hydrogen-bond donors (Lipinski definition) is 2. The van der Waals surface area contributed by atoms with Gasteiger partial charge in [0.05, 0.1) is 5.56 Å². The fraction of sp³-hybridized carbons (Fsp3) is 0.300. The van der Waals surface area contributed by atoms with Gasteiger partial charge in [-0.3, -0.25) is 4.79 Å². The normalized spacial score (nSPS) is 15.4. The summed E-state index contributed by atoms with van der Waals surface area (Å²) in [4.78, 5) is 23.4. The predicted octanol–water partition coefficient (Wildman–Crippen LogP) is 4.25. The molecule has 0 saturated heterocycles. The quantitative estimate of drug-likeness (QED) is 0.887. The molecule has 0 spiro atoms. The molecule has 1 aliphatic carbocycles. The zero-order valence-electron chi connectivity index (χ0n) is 13.9. The molecule has 1 aliphatic rings. The Balaban J connectivity index is 1.82. The topological polar surface area (TPSA) is 66.4 Å². The third kappa shape index (κ3) is 3.18. The fourth-order valence-electron chi connectivity index (χ4n) is 3.32. The minimum atomic E-state index is -0.982. The van der Waals surface area contributed by atoms with Gasteiger partial charge in [0.1, 0.15) is 0 Å². The highest BCUT2D eigenvalue weighted by molar-refractivity contribution is 6.04. The van der Waals surface area contributed by atoms with Crippen LogP contribution in [0.3, 0.4) is 0 Å². The van der Waals surface area contributed by atoms with Crippen LogP contribution in [0.2, 0.25) is 0 Å². The lowest BCUT2D eigenvalue weighted by Crippen LogP contribution is -2.25. The highest BCUT2D eigenvalue weighted by atomic mass is 16.4. The third-order valence-corrected chi connectivity index (χ3v) is 4.74. The first-order valence-electron chi connectivity index (χ1n) is 8.15. The van der Waals surface area contributed by atoms with Crippen molar-refractivity contribution in [2.45, 2.75) is 38.5 Å². The summed E-state index contributed by atoms with van der Waals surface area (Å²) in [6, 6.07) is 12.1. The molecule has 0 unspecified atom stereocenters. The summed E-state index contributed by atoms with van der Waals surface area (Å²) in [7, 11) is 0. The van der Waals surface area contributed by atoms with Crippen molar-refractivity contribution < 1.29 is 14.7 Å². The second-order valence-electron chi connectivity index (χ2n) is 6.95. The fourth-order valence-corrected chi connectivity index (χ4v) is 3.32. The van der Waals surface area contributed by atoms with Crippen LogP contribution in [0.5, 0.6) is 0 Å². The van der Waals surface area contributed by atoms with Gasteiger partial charge in [0.25, 0.3) is 5.91 Å². The van der Waals surface area contributed by atoms with E-state index in [2.05, 4.69) is 25.2 Å². The molecule has 1 amide bonds. The summed E-state index contributed by atoms with van der Waals surface area (Å²) in [5, 5.41) is 11.7. The van der Waals surface area contributed by atoms with Crippen LogP contribution in [0.1, 0.15) is 58.5 Å². The Bertz CT molecular complexity index is 791. The highest BCUT2D eigenvalue weighted by Gasteiger charge is 2.28. The van der Waals surface area contributed by atoms with Crippen molar-refractivity contribution in [3.8, 4) is 0 Å². The number of anilines is 1. The van der Waals surface area contributed by atoms with Crippen LogP contribution in [0.25, 0.3) is 0 Å². The number of aryl methyl sites for hydroxylation is 1. The standard InChI is InChI=1S/C20H21NO3/c1-20(2)11-3-4-13-5-6-15(12-17(13)20)18(22)21-16-9-7-14(8-10-16)19(23)24/h5-10,12H,3-4,11H2,1-2H3,(H,21,22)(H,23,24). The number of fused-ring (bicyclic) bond motifs is 1. The van der Waals surface area contributed by atoms with Gasteiger partial charge in [-0.15, -0.1) is 0 Å². The van der Waals surface area contributed by atoms with E-state index in [0.29, 0.717) is 11.3 Å². The van der Waals surface area contributed by atoms with Gasteiger partial charge in [-0.25, -0.2) is 4.79 Å². The lowest BCUT2D eigenvalue weighted by molar-refractivity contribution is 0.0696. The van der Waals surface area contributed by atoms with Gasteiger partial charge in [0, 0.05) is 11.3 Å². The van der Waals surface area contributed by atoms with E-state index in [-0.39, 0.29) is 16.9 Å². The molecule has 0 aliphatic heterocycles. The highest BCUT2D eigenvalue weighted by Crippen LogP contribution is 2.37. The molecule has 2 aromatic rings. The lowest BCUT2D eigenvalue weighted by atomic mass is 9.72. The Hall–Kier alpha value is -2.62. The van der Waals surface area contributed by atoms with Gasteiger partial charge in [0.2, 0.25) is 0 Å². The van der Waals surface area contributed by atoms with Gasteiger partial charge in [0.15, 0.2) is 0 Å². The zero-order valence-corrected chi connectivity index (χ0v) is 13.9. The van der Waals surface area contributed by atoms with Crippen molar-refractivity contribution >= 4 is 17.6 Å². The molecule has 0 atom stereocenters. The predicted molar refractivity (Wildman–Crippen MR) is 93.8 cm³/mol. The maximum Gasteiger partial charge on any atom is 0.335 e. The number of nitrogens with one attached hydrogen (secondary N) is 1. The molecule has 0 bridgehead atoms. The molecule has 2 N–H and O–H groups in total. The smallest absolute Gasteiger partial charge is 0.335 e. The number of carboxylic acids is 1. The van der Waals surface area contributed by atoms with Gasteiger partial charge < -0.3 is 10.4 Å². The minimum absolute atomic E-state index is 0.0903. The maximum atomic E-state index is 12.5. The van der Waals surface area contributed by atoms with Crippen LogP contribution in [-0.4, -0.2) is 17.0 Å². The molecule has 0 aromatic heterocycles. The van der Waals surface area contributed by atoms with Crippen LogP contribution < -0.4 is 5.32 Å². The number of aromatic carboxylic acids is 1. The van der Waals surface area contributed by atoms with E-state index in [1.807, 2.05) is 12.1 Å². The van der Waals surface area contributed by atoms with Crippen LogP contribution in [-0.2, 0) is 11.8 Å². The molecule has 0 fully saturated rings. The minimum Gasteiger partial charge on any atom is -0.478 e. The summed E-state index contributed by atoms with van der Waals surface area (Å²) in [5.41, 5.74) is 4.08. The first-order valence-corrected chi connectivity index (χ1v) is 8.15. The second kappa shape index (κ2) is 6.11. The van der Waals surface area contributed by atoms with Crippen LogP contribution in [0.15, 0.2) is 42.5 Å². The van der Waals surface area contributed by atoms with Crippen molar-refractivity contribution in [2.75, 3.05) is 5.32 Å². The Morgan fingerprint density at radius 3 is 2.38 bits per heavy atom. The van der Waals surface area contributed by atoms with E-state index >= 15 is 0 Å². The van der Waals surface area contributed by atoms with E-state index in [0.717, 1.165) is 12.8 Å². The van der Waals surface area contributed by atoms with E-state index in [9.17, 15) is 9.59 Å². The molecular weight excluding hydrogens is 302 g/mol. The van der Waals surface area contributed by atoms with Gasteiger partial charge in [-0.1, -0.05) is 19.9 Å². The van der Waals surface area contributed by atoms with E-state index < -0.39 is 5.97 Å². The number of hydrogen-bond acceptors (Lipinski definition) is 2. The summed E-state index contributed by atoms with van der Waals surface area (Å²) < 4.78 is 0. The number of carbonyl (C=O) groups excluding carboxylic acids is 1. The summed E-state index contributed by atoms with van der Waals surface area (Å²) in [5.74, 6) is -1.16. The monoisotopic (exact) mass is 323 g/mol. The largest absolute Gasteiger partial charge is 0.478 e. The van der Waals surface area contributed by atoms with Crippen molar-refractivity contribution in [1.29, 1.82) is 0 Å². The van der Waals surface area contributed by atoms with E-state index in [4.69, 9.17) is 5.11 Å². The summed E-state index contributed by atoms with van der Waals surface area (Å²) in [6.07, 6.45) is 3.38. The Morgan fingerprint density at radius 2 is 1.71 bits per heavy atom. The molecule has 0 saturated carbocycles. The molecule has 4 nitrogen and oxygen atoms in total. The molecule has 0 heterocycles. The average molecular weight is 323 g/mol. The van der Waals surface area contributed by atoms with Gasteiger partial charge >= 0.3 is 5.97 Å². The van der Waals surface area contributed by atoms with Gasteiger partial charge in [-0.2, -0.15) is 0 Å². The first-order chi connectivity index (χ1) is 11.4. The Morgan fingerprint density at radius 1 is 1.04 bits per heavy atom. The number of benzene rings is 2. The molecule has 24 heavy (non-hydrogen) atoms. The van der Waals surface area contributed by atoms with Crippen molar-refractivity contribution in [2.24, 2.45) is 0 Å².